The van der Waals surface area contributed by atoms with Crippen molar-refractivity contribution in [1.29, 1.82) is 0 Å². The summed E-state index contributed by atoms with van der Waals surface area (Å²) in [7, 11) is 0. The number of aliphatic carboxylic acids is 1. The van der Waals surface area contributed by atoms with E-state index >= 15 is 0 Å². The van der Waals surface area contributed by atoms with Crippen molar-refractivity contribution in [3.05, 3.63) is 77.1 Å². The number of benzene rings is 2. The van der Waals surface area contributed by atoms with Gasteiger partial charge in [0, 0.05) is 18.5 Å². The molecule has 1 fully saturated rings. The first kappa shape index (κ1) is 19.3. The number of hydrogen-bond donors (Lipinski definition) is 2. The third kappa shape index (κ3) is 3.78. The zero-order valence-electron chi connectivity index (χ0n) is 14.8. The lowest BCUT2D eigenvalue weighted by molar-refractivity contribution is -0.140. The Labute approximate surface area is 160 Å². The molecule has 1 amide bonds. The Hall–Kier alpha value is -3.48. The van der Waals surface area contributed by atoms with Gasteiger partial charge in [0.05, 0.1) is 11.6 Å². The lowest BCUT2D eigenvalue weighted by Crippen LogP contribution is -2.31. The van der Waals surface area contributed by atoms with Crippen molar-refractivity contribution in [3.63, 3.8) is 0 Å². The minimum absolute atomic E-state index is 0.0522. The van der Waals surface area contributed by atoms with E-state index in [0.29, 0.717) is 5.56 Å². The van der Waals surface area contributed by atoms with E-state index < -0.39 is 35.3 Å². The van der Waals surface area contributed by atoms with Crippen molar-refractivity contribution < 1.29 is 29.0 Å². The number of carboxylic acids is 1. The Morgan fingerprint density at radius 2 is 1.64 bits per heavy atom. The molecule has 28 heavy (non-hydrogen) atoms. The second kappa shape index (κ2) is 8.04. The van der Waals surface area contributed by atoms with Crippen LogP contribution in [0.1, 0.15) is 30.0 Å². The van der Waals surface area contributed by atoms with Crippen LogP contribution < -0.4 is 0 Å². The first-order valence-corrected chi connectivity index (χ1v) is 8.71. The highest BCUT2D eigenvalue weighted by Gasteiger charge is 2.45. The Morgan fingerprint density at radius 3 is 2.25 bits per heavy atom. The molecule has 0 radical (unpaired) electrons. The van der Waals surface area contributed by atoms with Crippen molar-refractivity contribution in [3.8, 4) is 0 Å². The quantitative estimate of drug-likeness (QED) is 0.454. The van der Waals surface area contributed by atoms with Crippen LogP contribution in [0, 0.1) is 5.82 Å². The molecular weight excluding hydrogens is 365 g/mol. The smallest absolute Gasteiger partial charge is 0.303 e. The molecule has 3 rings (SSSR count). The summed E-state index contributed by atoms with van der Waals surface area (Å²) in [6, 6.07) is 12.8. The average molecular weight is 383 g/mol. The highest BCUT2D eigenvalue weighted by molar-refractivity contribution is 6.46. The summed E-state index contributed by atoms with van der Waals surface area (Å²) >= 11 is 0. The van der Waals surface area contributed by atoms with Crippen molar-refractivity contribution in [2.75, 3.05) is 6.54 Å². The van der Waals surface area contributed by atoms with E-state index in [2.05, 4.69) is 0 Å². The second-order valence-corrected chi connectivity index (χ2v) is 6.41. The van der Waals surface area contributed by atoms with Gasteiger partial charge >= 0.3 is 5.97 Å². The molecule has 2 N–H and O–H groups in total. The van der Waals surface area contributed by atoms with E-state index in [1.807, 2.05) is 0 Å². The predicted molar refractivity (Wildman–Crippen MR) is 98.7 cm³/mol. The van der Waals surface area contributed by atoms with Crippen LogP contribution >= 0.6 is 0 Å². The highest BCUT2D eigenvalue weighted by atomic mass is 19.1. The van der Waals surface area contributed by atoms with Crippen LogP contribution in [0.2, 0.25) is 0 Å². The van der Waals surface area contributed by atoms with Gasteiger partial charge in [-0.25, -0.2) is 4.39 Å². The first-order valence-electron chi connectivity index (χ1n) is 8.71. The number of halogens is 1. The summed E-state index contributed by atoms with van der Waals surface area (Å²) < 4.78 is 13.2. The number of aliphatic hydroxyl groups excluding tert-OH is 1. The standard InChI is InChI=1S/C21H18FNO5/c22-15-10-8-14(9-11-15)19(26)17-18(13-5-2-1-3-6-13)23(21(28)20(17)27)12-4-7-16(24)25/h1-3,5-6,8-11,18,26H,4,7,12H2,(H,24,25)/b19-17+. The van der Waals surface area contributed by atoms with E-state index in [4.69, 9.17) is 5.11 Å². The topological polar surface area (TPSA) is 94.9 Å². The number of Topliss-reactive ketones (excluding diaryl/α,β-unsaturated/α-hetero) is 1. The fraction of sp³-hybridized carbons (Fsp3) is 0.190. The Kier molecular flexibility index (Phi) is 5.54. The van der Waals surface area contributed by atoms with E-state index in [0.717, 1.165) is 12.1 Å². The zero-order valence-corrected chi connectivity index (χ0v) is 14.8. The minimum atomic E-state index is -1.00. The van der Waals surface area contributed by atoms with Crippen LogP contribution in [0.15, 0.2) is 60.2 Å². The van der Waals surface area contributed by atoms with Crippen LogP contribution in [-0.2, 0) is 14.4 Å². The highest BCUT2D eigenvalue weighted by Crippen LogP contribution is 2.39. The number of ketones is 1. The van der Waals surface area contributed by atoms with E-state index in [9.17, 15) is 23.9 Å². The number of carbonyl (C=O) groups is 3. The number of nitrogens with zero attached hydrogens (tertiary/aromatic N) is 1. The molecule has 1 aliphatic rings. The molecule has 0 aromatic heterocycles. The SMILES string of the molecule is O=C(O)CCCN1C(=O)C(=O)/C(=C(/O)c2ccc(F)cc2)C1c1ccccc1. The lowest BCUT2D eigenvalue weighted by atomic mass is 9.95. The second-order valence-electron chi connectivity index (χ2n) is 6.41. The molecular formula is C21H18FNO5. The predicted octanol–water partition coefficient (Wildman–Crippen LogP) is 3.11. The summed E-state index contributed by atoms with van der Waals surface area (Å²) in [5.74, 6) is -3.55. The zero-order chi connectivity index (χ0) is 20.3. The maximum Gasteiger partial charge on any atom is 0.303 e. The summed E-state index contributed by atoms with van der Waals surface area (Å²) in [6.45, 7) is 0.0522. The van der Waals surface area contributed by atoms with Crippen LogP contribution in [0.3, 0.4) is 0 Å². The van der Waals surface area contributed by atoms with E-state index in [1.165, 1.54) is 17.0 Å². The number of rotatable bonds is 6. The largest absolute Gasteiger partial charge is 0.507 e. The number of hydrogen-bond acceptors (Lipinski definition) is 4. The van der Waals surface area contributed by atoms with Gasteiger partial charge < -0.3 is 15.1 Å². The fourth-order valence-corrected chi connectivity index (χ4v) is 3.26. The van der Waals surface area contributed by atoms with Gasteiger partial charge in [0.2, 0.25) is 0 Å². The maximum absolute atomic E-state index is 13.2. The van der Waals surface area contributed by atoms with Crippen molar-refractivity contribution in [1.82, 2.24) is 4.90 Å². The third-order valence-corrected chi connectivity index (χ3v) is 4.56. The monoisotopic (exact) mass is 383 g/mol. The van der Waals surface area contributed by atoms with E-state index in [-0.39, 0.29) is 30.5 Å². The van der Waals surface area contributed by atoms with Crippen molar-refractivity contribution in [2.45, 2.75) is 18.9 Å². The van der Waals surface area contributed by atoms with Gasteiger partial charge in [-0.1, -0.05) is 30.3 Å². The molecule has 2 aromatic carbocycles. The number of aliphatic hydroxyl groups is 1. The third-order valence-electron chi connectivity index (χ3n) is 4.56. The summed E-state index contributed by atoms with van der Waals surface area (Å²) in [4.78, 5) is 37.3. The molecule has 6 nitrogen and oxygen atoms in total. The van der Waals surface area contributed by atoms with Gasteiger partial charge in [-0.2, -0.15) is 0 Å². The molecule has 1 unspecified atom stereocenters. The summed E-state index contributed by atoms with van der Waals surface area (Å²) in [5, 5.41) is 19.6. The van der Waals surface area contributed by atoms with Gasteiger partial charge in [0.15, 0.2) is 0 Å². The van der Waals surface area contributed by atoms with Crippen LogP contribution in [0.25, 0.3) is 5.76 Å². The normalized spacial score (nSPS) is 18.5. The molecule has 1 heterocycles. The van der Waals surface area contributed by atoms with Gasteiger partial charge in [0.25, 0.3) is 11.7 Å². The molecule has 1 aliphatic heterocycles. The van der Waals surface area contributed by atoms with Crippen molar-refractivity contribution >= 4 is 23.4 Å². The number of carbonyl (C=O) groups excluding carboxylic acids is 2. The van der Waals surface area contributed by atoms with Gasteiger partial charge in [-0.05, 0) is 36.2 Å². The number of amides is 1. The Morgan fingerprint density at radius 1 is 1.00 bits per heavy atom. The Balaban J connectivity index is 2.07. The number of likely N-dealkylation sites (tertiary alicyclic amines) is 1. The molecule has 0 aliphatic carbocycles. The fourth-order valence-electron chi connectivity index (χ4n) is 3.26. The Bertz CT molecular complexity index is 937. The molecule has 1 saturated heterocycles. The van der Waals surface area contributed by atoms with Gasteiger partial charge in [0.1, 0.15) is 11.6 Å². The van der Waals surface area contributed by atoms with Crippen LogP contribution in [0.4, 0.5) is 4.39 Å². The molecule has 0 spiro atoms. The maximum atomic E-state index is 13.2. The van der Waals surface area contributed by atoms with Crippen LogP contribution in [-0.4, -0.2) is 39.3 Å². The molecule has 0 bridgehead atoms. The molecule has 0 saturated carbocycles. The summed E-state index contributed by atoms with van der Waals surface area (Å²) in [5.41, 5.74) is 0.727. The lowest BCUT2D eigenvalue weighted by Gasteiger charge is -2.25. The number of carboxylic acid groups (broad SMARTS) is 1. The average Bonchev–Trinajstić information content (AvgIpc) is 2.93. The molecule has 7 heteroatoms. The van der Waals surface area contributed by atoms with Gasteiger partial charge in [-0.3, -0.25) is 14.4 Å². The molecule has 1 atom stereocenters. The molecule has 144 valence electrons. The van der Waals surface area contributed by atoms with Gasteiger partial charge in [-0.15, -0.1) is 0 Å². The van der Waals surface area contributed by atoms with E-state index in [1.54, 1.807) is 30.3 Å². The molecule has 2 aromatic rings. The summed E-state index contributed by atoms with van der Waals surface area (Å²) in [6.07, 6.45) is 0.0186. The van der Waals surface area contributed by atoms with Crippen molar-refractivity contribution in [2.24, 2.45) is 0 Å². The minimum Gasteiger partial charge on any atom is -0.507 e. The first-order chi connectivity index (χ1) is 13.4. The van der Waals surface area contributed by atoms with Crippen LogP contribution in [0.5, 0.6) is 0 Å².